The zero-order valence-corrected chi connectivity index (χ0v) is 17.5. The molecule has 0 aliphatic heterocycles. The zero-order valence-electron chi connectivity index (χ0n) is 12.6. The minimum atomic E-state index is -1.36. The molecular weight excluding hydrogens is 382 g/mol. The van der Waals surface area contributed by atoms with Crippen LogP contribution in [0, 0.1) is 0 Å². The number of unbranched alkanes of at least 4 members (excludes halogenated alkanes) is 1. The fraction of sp³-hybridized carbons (Fsp3) is 0.500. The number of rotatable bonds is 5. The van der Waals surface area contributed by atoms with Crippen LogP contribution in [0.15, 0.2) is 48.1 Å². The molecular formula is C16H24Cl2SiZr. The Balaban J connectivity index is 0.00000180. The van der Waals surface area contributed by atoms with Gasteiger partial charge in [-0.3, -0.25) is 0 Å². The van der Waals surface area contributed by atoms with Crippen LogP contribution in [0.2, 0.25) is 20.3 Å². The van der Waals surface area contributed by atoms with Gasteiger partial charge in [0, 0.05) is 0 Å². The molecule has 0 saturated carbocycles. The van der Waals surface area contributed by atoms with Gasteiger partial charge in [0.1, 0.15) is 0 Å². The Labute approximate surface area is 144 Å². The first-order valence-electron chi connectivity index (χ1n) is 7.13. The van der Waals surface area contributed by atoms with Crippen molar-refractivity contribution in [1.82, 2.24) is 0 Å². The van der Waals surface area contributed by atoms with E-state index < -0.39 is 20.4 Å². The van der Waals surface area contributed by atoms with Crippen molar-refractivity contribution in [2.75, 3.05) is 0 Å². The largest absolute Gasteiger partial charge is 1.00 e. The maximum absolute atomic E-state index is 2.63. The van der Waals surface area contributed by atoms with E-state index in [1.165, 1.54) is 19.3 Å². The van der Waals surface area contributed by atoms with Crippen LogP contribution in [0.1, 0.15) is 26.2 Å². The number of halogens is 2. The van der Waals surface area contributed by atoms with Crippen LogP contribution >= 0.6 is 0 Å². The Morgan fingerprint density at radius 2 is 1.70 bits per heavy atom. The van der Waals surface area contributed by atoms with E-state index in [-0.39, 0.29) is 30.2 Å². The summed E-state index contributed by atoms with van der Waals surface area (Å²) in [4.78, 5) is 0. The maximum atomic E-state index is 2.63. The Morgan fingerprint density at radius 3 is 2.25 bits per heavy atom. The summed E-state index contributed by atoms with van der Waals surface area (Å²) >= 11 is -1.36. The van der Waals surface area contributed by atoms with Crippen LogP contribution in [0.5, 0.6) is 0 Å². The summed E-state index contributed by atoms with van der Waals surface area (Å²) in [7, 11) is 0. The molecule has 0 aromatic heterocycles. The normalized spacial score (nSPS) is 19.1. The molecule has 0 bridgehead atoms. The molecule has 0 aromatic rings. The molecule has 0 aromatic carbocycles. The van der Waals surface area contributed by atoms with Gasteiger partial charge in [-0.1, -0.05) is 0 Å². The molecule has 0 saturated heterocycles. The topological polar surface area (TPSA) is 0 Å². The fourth-order valence-corrected chi connectivity index (χ4v) is 20.6. The predicted molar refractivity (Wildman–Crippen MR) is 80.0 cm³/mol. The fourth-order valence-electron chi connectivity index (χ4n) is 2.84. The van der Waals surface area contributed by atoms with Gasteiger partial charge in [0.15, 0.2) is 0 Å². The number of hydrogen-bond donors (Lipinski definition) is 0. The molecule has 0 spiro atoms. The van der Waals surface area contributed by atoms with Gasteiger partial charge in [-0.15, -0.1) is 0 Å². The SMILES string of the molecule is CCCCC1=C[CH]([Zr+2]([CH]2C=CC=C2)=[Si](C)C)C=C1.[Cl-].[Cl-]. The van der Waals surface area contributed by atoms with Crippen molar-refractivity contribution in [3.05, 3.63) is 48.1 Å². The van der Waals surface area contributed by atoms with Gasteiger partial charge in [-0.2, -0.15) is 0 Å². The van der Waals surface area contributed by atoms with Crippen molar-refractivity contribution in [3.63, 3.8) is 0 Å². The van der Waals surface area contributed by atoms with E-state index in [0.717, 1.165) is 7.25 Å². The van der Waals surface area contributed by atoms with Crippen LogP contribution in [-0.2, 0) is 20.4 Å². The average Bonchev–Trinajstić information content (AvgIpc) is 2.98. The summed E-state index contributed by atoms with van der Waals surface area (Å²) in [6.45, 7) is 7.38. The first kappa shape index (κ1) is 20.6. The number of allylic oxidation sites excluding steroid dienone is 8. The summed E-state index contributed by atoms with van der Waals surface area (Å²) < 4.78 is 1.74. The van der Waals surface area contributed by atoms with E-state index in [2.05, 4.69) is 62.5 Å². The number of hydrogen-bond acceptors (Lipinski definition) is 0. The Morgan fingerprint density at radius 1 is 1.05 bits per heavy atom. The third kappa shape index (κ3) is 5.44. The molecule has 0 radical (unpaired) electrons. The summed E-state index contributed by atoms with van der Waals surface area (Å²) in [5, 5.41) is 0. The van der Waals surface area contributed by atoms with Crippen LogP contribution in [0.4, 0.5) is 0 Å². The van der Waals surface area contributed by atoms with E-state index in [0.29, 0.717) is 0 Å². The molecule has 0 N–H and O–H groups in total. The standard InChI is InChI=1S/C9H13.C5H5.C2H6Si.2ClH.Zr/c1-2-3-6-9-7-4-5-8-9;1-2-4-5-3-1;1-3-2;;;/h4-5,7-8H,2-3,6H2,1H3;1-5H;1-2H3;2*1H;/q;;;;;+2/p-2. The predicted octanol–water partition coefficient (Wildman–Crippen LogP) is -0.747. The van der Waals surface area contributed by atoms with Crippen molar-refractivity contribution < 1.29 is 45.2 Å². The average molecular weight is 407 g/mol. The Bertz CT molecular complexity index is 445. The molecule has 0 amide bonds. The zero-order chi connectivity index (χ0) is 13.0. The Kier molecular flexibility index (Phi) is 10.7. The molecule has 0 heterocycles. The van der Waals surface area contributed by atoms with Crippen molar-refractivity contribution in [3.8, 4) is 0 Å². The van der Waals surface area contributed by atoms with Crippen LogP contribution in [0.3, 0.4) is 0 Å². The molecule has 20 heavy (non-hydrogen) atoms. The molecule has 110 valence electrons. The van der Waals surface area contributed by atoms with Gasteiger partial charge in [0.25, 0.3) is 0 Å². The van der Waals surface area contributed by atoms with Crippen LogP contribution in [0.25, 0.3) is 0 Å². The van der Waals surface area contributed by atoms with Crippen molar-refractivity contribution >= 4 is 5.43 Å². The molecule has 1 atom stereocenters. The van der Waals surface area contributed by atoms with Crippen LogP contribution < -0.4 is 24.8 Å². The molecule has 2 aliphatic rings. The maximum Gasteiger partial charge on any atom is -1.00 e. The molecule has 4 heteroatoms. The second-order valence-electron chi connectivity index (χ2n) is 5.48. The second-order valence-corrected chi connectivity index (χ2v) is 23.8. The smallest absolute Gasteiger partial charge is 1.00 e. The van der Waals surface area contributed by atoms with Gasteiger partial charge in [0.2, 0.25) is 0 Å². The minimum absolute atomic E-state index is 0. The minimum Gasteiger partial charge on any atom is -1.00 e. The van der Waals surface area contributed by atoms with E-state index in [9.17, 15) is 0 Å². The van der Waals surface area contributed by atoms with Crippen molar-refractivity contribution in [2.45, 2.75) is 46.5 Å². The quantitative estimate of drug-likeness (QED) is 0.528. The van der Waals surface area contributed by atoms with Crippen molar-refractivity contribution in [1.29, 1.82) is 0 Å². The Hall–Kier alpha value is 0.640. The molecule has 2 aliphatic carbocycles. The molecule has 0 nitrogen and oxygen atoms in total. The first-order chi connectivity index (χ1) is 8.72. The third-order valence-electron chi connectivity index (χ3n) is 3.77. The van der Waals surface area contributed by atoms with E-state index in [1.54, 1.807) is 5.57 Å². The monoisotopic (exact) mass is 404 g/mol. The van der Waals surface area contributed by atoms with Gasteiger partial charge in [0.05, 0.1) is 0 Å². The first-order valence-corrected chi connectivity index (χ1v) is 16.2. The van der Waals surface area contributed by atoms with Gasteiger partial charge >= 0.3 is 120 Å². The van der Waals surface area contributed by atoms with Crippen LogP contribution in [-0.4, -0.2) is 5.43 Å². The molecule has 2 rings (SSSR count). The summed E-state index contributed by atoms with van der Waals surface area (Å²) in [6.07, 6.45) is 21.0. The summed E-state index contributed by atoms with van der Waals surface area (Å²) in [6, 6.07) is 0. The van der Waals surface area contributed by atoms with E-state index >= 15 is 0 Å². The van der Waals surface area contributed by atoms with Crippen molar-refractivity contribution in [2.24, 2.45) is 0 Å². The van der Waals surface area contributed by atoms with E-state index in [4.69, 9.17) is 0 Å². The molecule has 0 fully saturated rings. The van der Waals surface area contributed by atoms with Gasteiger partial charge in [-0.05, 0) is 0 Å². The third-order valence-corrected chi connectivity index (χ3v) is 22.7. The molecule has 1 unspecified atom stereocenters. The summed E-state index contributed by atoms with van der Waals surface area (Å²) in [5.74, 6) is 0. The van der Waals surface area contributed by atoms with Gasteiger partial charge in [-0.25, -0.2) is 0 Å². The van der Waals surface area contributed by atoms with Gasteiger partial charge < -0.3 is 24.8 Å². The summed E-state index contributed by atoms with van der Waals surface area (Å²) in [5.41, 5.74) is 1.54. The second kappa shape index (κ2) is 10.4. The van der Waals surface area contributed by atoms with E-state index in [1.807, 2.05) is 0 Å².